The molecule has 1 aliphatic heterocycles. The molecule has 0 aliphatic carbocycles. The van der Waals surface area contributed by atoms with Crippen molar-refractivity contribution in [3.8, 4) is 6.07 Å². The van der Waals surface area contributed by atoms with Gasteiger partial charge in [0, 0.05) is 18.8 Å². The van der Waals surface area contributed by atoms with Crippen LogP contribution in [0.4, 0.5) is 11.4 Å². The molecule has 0 bridgehead atoms. The van der Waals surface area contributed by atoms with Gasteiger partial charge in [-0.3, -0.25) is 4.31 Å². The van der Waals surface area contributed by atoms with Crippen molar-refractivity contribution in [3.63, 3.8) is 0 Å². The minimum Gasteiger partial charge on any atom is -0.381 e. The zero-order chi connectivity index (χ0) is 17.2. The van der Waals surface area contributed by atoms with Crippen molar-refractivity contribution in [3.05, 3.63) is 58.6 Å². The lowest BCUT2D eigenvalue weighted by Gasteiger charge is -2.18. The molecule has 1 fully saturated rings. The van der Waals surface area contributed by atoms with Crippen LogP contribution in [0.15, 0.2) is 42.5 Å². The van der Waals surface area contributed by atoms with Crippen LogP contribution in [0, 0.1) is 11.3 Å². The fraction of sp³-hybridized carbons (Fsp3) is 0.235. The minimum atomic E-state index is -3.17. The van der Waals surface area contributed by atoms with E-state index in [0.717, 1.165) is 11.3 Å². The lowest BCUT2D eigenvalue weighted by molar-refractivity contribution is 0.599. The lowest BCUT2D eigenvalue weighted by atomic mass is 10.2. The highest BCUT2D eigenvalue weighted by Gasteiger charge is 2.28. The van der Waals surface area contributed by atoms with Gasteiger partial charge < -0.3 is 5.32 Å². The summed E-state index contributed by atoms with van der Waals surface area (Å²) in [5, 5.41) is 12.5. The van der Waals surface area contributed by atoms with E-state index in [1.54, 1.807) is 18.2 Å². The first-order chi connectivity index (χ1) is 11.5. The first-order valence-corrected chi connectivity index (χ1v) is 9.51. The predicted octanol–water partition coefficient (Wildman–Crippen LogP) is 3.36. The van der Waals surface area contributed by atoms with E-state index in [0.29, 0.717) is 35.8 Å². The van der Waals surface area contributed by atoms with Crippen LogP contribution in [0.2, 0.25) is 5.02 Å². The van der Waals surface area contributed by atoms with Gasteiger partial charge in [-0.15, -0.1) is 0 Å². The van der Waals surface area contributed by atoms with Gasteiger partial charge in [-0.1, -0.05) is 23.7 Å². The third-order valence-corrected chi connectivity index (χ3v) is 6.07. The minimum absolute atomic E-state index is 0.208. The summed E-state index contributed by atoms with van der Waals surface area (Å²) in [6.07, 6.45) is 0.661. The number of sulfonamides is 1. The van der Waals surface area contributed by atoms with Crippen molar-refractivity contribution in [2.45, 2.75) is 13.0 Å². The van der Waals surface area contributed by atoms with Crippen LogP contribution in [0.3, 0.4) is 0 Å². The maximum Gasteiger partial charge on any atom is 0.235 e. The Labute approximate surface area is 146 Å². The monoisotopic (exact) mass is 361 g/mol. The van der Waals surface area contributed by atoms with E-state index in [4.69, 9.17) is 16.9 Å². The number of rotatable bonds is 4. The average Bonchev–Trinajstić information content (AvgIpc) is 2.92. The van der Waals surface area contributed by atoms with Crippen LogP contribution >= 0.6 is 11.6 Å². The van der Waals surface area contributed by atoms with Crippen LogP contribution in [-0.2, 0) is 16.6 Å². The number of hydrogen-bond acceptors (Lipinski definition) is 4. The van der Waals surface area contributed by atoms with Crippen LogP contribution < -0.4 is 9.62 Å². The molecule has 1 N–H and O–H groups in total. The molecule has 0 amide bonds. The Hall–Kier alpha value is -2.23. The number of nitriles is 1. The Morgan fingerprint density at radius 1 is 1.25 bits per heavy atom. The summed E-state index contributed by atoms with van der Waals surface area (Å²) in [5.74, 6) is 0.208. The van der Waals surface area contributed by atoms with E-state index >= 15 is 0 Å². The normalized spacial score (nSPS) is 15.9. The van der Waals surface area contributed by atoms with Gasteiger partial charge in [0.1, 0.15) is 6.07 Å². The first kappa shape index (κ1) is 16.6. The summed E-state index contributed by atoms with van der Waals surface area (Å²) in [6, 6.07) is 14.7. The van der Waals surface area contributed by atoms with Crippen molar-refractivity contribution >= 4 is 33.0 Å². The smallest absolute Gasteiger partial charge is 0.235 e. The highest BCUT2D eigenvalue weighted by Crippen LogP contribution is 2.25. The molecule has 0 unspecified atom stereocenters. The second-order valence-corrected chi connectivity index (χ2v) is 7.99. The summed E-state index contributed by atoms with van der Waals surface area (Å²) < 4.78 is 25.5. The quantitative estimate of drug-likeness (QED) is 0.906. The number of benzene rings is 2. The summed E-state index contributed by atoms with van der Waals surface area (Å²) in [7, 11) is -3.17. The zero-order valence-electron chi connectivity index (χ0n) is 12.9. The van der Waals surface area contributed by atoms with E-state index < -0.39 is 10.0 Å². The Kier molecular flexibility index (Phi) is 4.65. The van der Waals surface area contributed by atoms with Crippen molar-refractivity contribution < 1.29 is 8.42 Å². The van der Waals surface area contributed by atoms with E-state index in [1.807, 2.05) is 30.3 Å². The predicted molar refractivity (Wildman–Crippen MR) is 95.7 cm³/mol. The molecule has 1 aliphatic rings. The second kappa shape index (κ2) is 6.71. The number of halogens is 1. The number of nitrogens with one attached hydrogen (secondary N) is 1. The Balaban J connectivity index is 1.74. The molecule has 3 rings (SSSR count). The molecule has 1 saturated heterocycles. The lowest BCUT2D eigenvalue weighted by Crippen LogP contribution is -2.25. The molecule has 2 aromatic rings. The van der Waals surface area contributed by atoms with Crippen LogP contribution in [0.5, 0.6) is 0 Å². The summed E-state index contributed by atoms with van der Waals surface area (Å²) >= 11 is 6.02. The van der Waals surface area contributed by atoms with Gasteiger partial charge in [0.25, 0.3) is 0 Å². The van der Waals surface area contributed by atoms with Crippen molar-refractivity contribution in [1.82, 2.24) is 0 Å². The van der Waals surface area contributed by atoms with E-state index in [9.17, 15) is 8.42 Å². The topological polar surface area (TPSA) is 73.2 Å². The number of hydrogen-bond donors (Lipinski definition) is 1. The molecule has 124 valence electrons. The van der Waals surface area contributed by atoms with Crippen molar-refractivity contribution in [2.75, 3.05) is 21.9 Å². The van der Waals surface area contributed by atoms with Crippen LogP contribution in [0.1, 0.15) is 17.5 Å². The number of anilines is 2. The number of nitrogens with zero attached hydrogens (tertiary/aromatic N) is 2. The molecule has 0 aromatic heterocycles. The van der Waals surface area contributed by atoms with E-state index in [2.05, 4.69) is 5.32 Å². The fourth-order valence-electron chi connectivity index (χ4n) is 2.67. The fourth-order valence-corrected chi connectivity index (χ4v) is 4.45. The maximum absolute atomic E-state index is 12.0. The standard InChI is InChI=1S/C17H16ClN3O2S/c18-17-10-15(6-5-14(17)11-19)20-12-13-3-1-4-16(9-13)21-7-2-8-24(21,22)23/h1,3-6,9-10,20H,2,7-8,12H2. The Morgan fingerprint density at radius 3 is 2.75 bits per heavy atom. The van der Waals surface area contributed by atoms with Gasteiger partial charge in [-0.25, -0.2) is 8.42 Å². The zero-order valence-corrected chi connectivity index (χ0v) is 14.4. The van der Waals surface area contributed by atoms with E-state index in [1.165, 1.54) is 4.31 Å². The molecule has 7 heteroatoms. The second-order valence-electron chi connectivity index (χ2n) is 5.57. The molecule has 0 atom stereocenters. The highest BCUT2D eigenvalue weighted by molar-refractivity contribution is 7.93. The highest BCUT2D eigenvalue weighted by atomic mass is 35.5. The average molecular weight is 362 g/mol. The van der Waals surface area contributed by atoms with Gasteiger partial charge in [0.2, 0.25) is 10.0 Å². The van der Waals surface area contributed by atoms with Crippen LogP contribution in [-0.4, -0.2) is 20.7 Å². The molecule has 0 spiro atoms. The molecule has 0 radical (unpaired) electrons. The van der Waals surface area contributed by atoms with Gasteiger partial charge >= 0.3 is 0 Å². The molecule has 0 saturated carbocycles. The Bertz CT molecular complexity index is 906. The van der Waals surface area contributed by atoms with Crippen molar-refractivity contribution in [1.29, 1.82) is 5.26 Å². The third-order valence-electron chi connectivity index (χ3n) is 3.88. The molecule has 5 nitrogen and oxygen atoms in total. The molecule has 24 heavy (non-hydrogen) atoms. The summed E-state index contributed by atoms with van der Waals surface area (Å²) in [5.41, 5.74) is 2.90. The van der Waals surface area contributed by atoms with Gasteiger partial charge in [-0.05, 0) is 42.3 Å². The molecule has 1 heterocycles. The van der Waals surface area contributed by atoms with Gasteiger partial charge in [0.15, 0.2) is 0 Å². The van der Waals surface area contributed by atoms with E-state index in [-0.39, 0.29) is 5.75 Å². The van der Waals surface area contributed by atoms with Gasteiger partial charge in [-0.2, -0.15) is 5.26 Å². The SMILES string of the molecule is N#Cc1ccc(NCc2cccc(N3CCCS3(=O)=O)c2)cc1Cl. The molecule has 2 aromatic carbocycles. The third kappa shape index (κ3) is 3.48. The molecular formula is C17H16ClN3O2S. The summed E-state index contributed by atoms with van der Waals surface area (Å²) in [6.45, 7) is 1.06. The molecular weight excluding hydrogens is 346 g/mol. The van der Waals surface area contributed by atoms with Crippen LogP contribution in [0.25, 0.3) is 0 Å². The maximum atomic E-state index is 12.0. The first-order valence-electron chi connectivity index (χ1n) is 7.52. The van der Waals surface area contributed by atoms with Crippen molar-refractivity contribution in [2.24, 2.45) is 0 Å². The summed E-state index contributed by atoms with van der Waals surface area (Å²) in [4.78, 5) is 0. The largest absolute Gasteiger partial charge is 0.381 e. The Morgan fingerprint density at radius 2 is 2.08 bits per heavy atom. The van der Waals surface area contributed by atoms with Gasteiger partial charge in [0.05, 0.1) is 22.0 Å².